The standard InChI is InChI=1S/C20H23ClN2O5/c1-2-3-4-5-11-27-16-7-6-8-17(13-16)28-14-20(24)22-19-12-15(23(25)26)9-10-18(19)21/h6-10,12-13H,2-5,11,14H2,1H3,(H,22,24). The molecule has 1 amide bonds. The third-order valence-corrected chi connectivity index (χ3v) is 4.21. The van der Waals surface area contributed by atoms with Gasteiger partial charge in [0.15, 0.2) is 6.61 Å². The number of non-ortho nitro benzene ring substituents is 1. The zero-order valence-electron chi connectivity index (χ0n) is 15.7. The molecule has 0 spiro atoms. The lowest BCUT2D eigenvalue weighted by Crippen LogP contribution is -2.20. The highest BCUT2D eigenvalue weighted by Crippen LogP contribution is 2.26. The molecule has 8 heteroatoms. The third-order valence-electron chi connectivity index (χ3n) is 3.88. The molecular weight excluding hydrogens is 384 g/mol. The van der Waals surface area contributed by atoms with Gasteiger partial charge in [-0.1, -0.05) is 43.9 Å². The Morgan fingerprint density at radius 2 is 1.86 bits per heavy atom. The Hall–Kier alpha value is -2.80. The number of halogens is 1. The molecule has 0 fully saturated rings. The molecule has 0 atom stereocenters. The zero-order valence-corrected chi connectivity index (χ0v) is 16.4. The van der Waals surface area contributed by atoms with Gasteiger partial charge in [-0.15, -0.1) is 0 Å². The molecule has 0 saturated heterocycles. The van der Waals surface area contributed by atoms with Gasteiger partial charge in [-0.3, -0.25) is 14.9 Å². The van der Waals surface area contributed by atoms with Gasteiger partial charge in [-0.05, 0) is 24.6 Å². The fraction of sp³-hybridized carbons (Fsp3) is 0.350. The van der Waals surface area contributed by atoms with Crippen LogP contribution in [0.5, 0.6) is 11.5 Å². The Balaban J connectivity index is 1.85. The number of nitrogens with one attached hydrogen (secondary N) is 1. The molecule has 0 radical (unpaired) electrons. The Labute approximate surface area is 168 Å². The number of rotatable bonds is 11. The van der Waals surface area contributed by atoms with Gasteiger partial charge in [0.1, 0.15) is 11.5 Å². The van der Waals surface area contributed by atoms with Crippen LogP contribution in [0.4, 0.5) is 11.4 Å². The molecule has 0 bridgehead atoms. The van der Waals surface area contributed by atoms with Crippen LogP contribution >= 0.6 is 11.6 Å². The molecule has 0 saturated carbocycles. The second-order valence-corrected chi connectivity index (χ2v) is 6.55. The second kappa shape index (κ2) is 11.1. The summed E-state index contributed by atoms with van der Waals surface area (Å²) in [6, 6.07) is 10.9. The number of amides is 1. The molecule has 28 heavy (non-hydrogen) atoms. The van der Waals surface area contributed by atoms with Crippen molar-refractivity contribution in [3.8, 4) is 11.5 Å². The molecule has 0 aliphatic carbocycles. The number of unbranched alkanes of at least 4 members (excludes halogenated alkanes) is 3. The van der Waals surface area contributed by atoms with Gasteiger partial charge in [0.05, 0.1) is 22.2 Å². The number of carbonyl (C=O) groups is 1. The van der Waals surface area contributed by atoms with E-state index in [1.54, 1.807) is 18.2 Å². The van der Waals surface area contributed by atoms with Crippen molar-refractivity contribution in [1.29, 1.82) is 0 Å². The van der Waals surface area contributed by atoms with Gasteiger partial charge in [0.25, 0.3) is 11.6 Å². The monoisotopic (exact) mass is 406 g/mol. The number of hydrogen-bond donors (Lipinski definition) is 1. The van der Waals surface area contributed by atoms with Gasteiger partial charge < -0.3 is 14.8 Å². The highest BCUT2D eigenvalue weighted by atomic mass is 35.5. The van der Waals surface area contributed by atoms with Crippen molar-refractivity contribution < 1.29 is 19.2 Å². The average Bonchev–Trinajstić information content (AvgIpc) is 2.68. The summed E-state index contributed by atoms with van der Waals surface area (Å²) in [7, 11) is 0. The highest BCUT2D eigenvalue weighted by Gasteiger charge is 2.12. The highest BCUT2D eigenvalue weighted by molar-refractivity contribution is 6.33. The van der Waals surface area contributed by atoms with E-state index in [4.69, 9.17) is 21.1 Å². The van der Waals surface area contributed by atoms with Crippen molar-refractivity contribution in [2.24, 2.45) is 0 Å². The minimum absolute atomic E-state index is 0.161. The number of carbonyl (C=O) groups excluding carboxylic acids is 1. The molecule has 2 rings (SSSR count). The third kappa shape index (κ3) is 7.08. The van der Waals surface area contributed by atoms with E-state index in [1.807, 2.05) is 6.07 Å². The van der Waals surface area contributed by atoms with E-state index >= 15 is 0 Å². The average molecular weight is 407 g/mol. The Kier molecular flexibility index (Phi) is 8.55. The van der Waals surface area contributed by atoms with Crippen molar-refractivity contribution in [1.82, 2.24) is 0 Å². The van der Waals surface area contributed by atoms with Crippen molar-refractivity contribution in [3.63, 3.8) is 0 Å². The first kappa shape index (κ1) is 21.5. The second-order valence-electron chi connectivity index (χ2n) is 6.14. The zero-order chi connectivity index (χ0) is 20.4. The predicted octanol–water partition coefficient (Wildman–Crippen LogP) is 5.22. The van der Waals surface area contributed by atoms with Gasteiger partial charge in [0, 0.05) is 18.2 Å². The molecule has 2 aromatic carbocycles. The molecule has 7 nitrogen and oxygen atoms in total. The van der Waals surface area contributed by atoms with Gasteiger partial charge in [0.2, 0.25) is 0 Å². The van der Waals surface area contributed by atoms with Gasteiger partial charge in [-0.25, -0.2) is 0 Å². The van der Waals surface area contributed by atoms with Crippen molar-refractivity contribution in [3.05, 3.63) is 57.6 Å². The van der Waals surface area contributed by atoms with Crippen LogP contribution in [0.1, 0.15) is 32.6 Å². The molecule has 0 unspecified atom stereocenters. The lowest BCUT2D eigenvalue weighted by molar-refractivity contribution is -0.384. The number of anilines is 1. The van der Waals surface area contributed by atoms with Crippen LogP contribution in [0, 0.1) is 10.1 Å². The lowest BCUT2D eigenvalue weighted by Gasteiger charge is -2.10. The summed E-state index contributed by atoms with van der Waals surface area (Å²) in [5, 5.41) is 13.6. The largest absolute Gasteiger partial charge is 0.493 e. The van der Waals surface area contributed by atoms with Crippen LogP contribution in [0.15, 0.2) is 42.5 Å². The first-order valence-corrected chi connectivity index (χ1v) is 9.47. The van der Waals surface area contributed by atoms with E-state index in [-0.39, 0.29) is 23.0 Å². The topological polar surface area (TPSA) is 90.7 Å². The fourth-order valence-electron chi connectivity index (χ4n) is 2.43. The van der Waals surface area contributed by atoms with E-state index in [0.717, 1.165) is 12.8 Å². The van der Waals surface area contributed by atoms with E-state index in [9.17, 15) is 14.9 Å². The first-order valence-electron chi connectivity index (χ1n) is 9.09. The molecule has 0 aliphatic rings. The Morgan fingerprint density at radius 1 is 1.11 bits per heavy atom. The maximum absolute atomic E-state index is 12.1. The minimum atomic E-state index is -0.559. The lowest BCUT2D eigenvalue weighted by atomic mass is 10.2. The number of benzene rings is 2. The Morgan fingerprint density at radius 3 is 2.57 bits per heavy atom. The summed E-state index contributed by atoms with van der Waals surface area (Å²) < 4.78 is 11.2. The van der Waals surface area contributed by atoms with Gasteiger partial charge in [-0.2, -0.15) is 0 Å². The summed E-state index contributed by atoms with van der Waals surface area (Å²) in [5.74, 6) is 0.691. The predicted molar refractivity (Wildman–Crippen MR) is 108 cm³/mol. The molecule has 2 aromatic rings. The van der Waals surface area contributed by atoms with Crippen molar-refractivity contribution in [2.75, 3.05) is 18.5 Å². The molecule has 0 aliphatic heterocycles. The maximum Gasteiger partial charge on any atom is 0.271 e. The van der Waals surface area contributed by atoms with E-state index in [0.29, 0.717) is 18.1 Å². The van der Waals surface area contributed by atoms with E-state index < -0.39 is 10.8 Å². The van der Waals surface area contributed by atoms with Gasteiger partial charge >= 0.3 is 0 Å². The number of ether oxygens (including phenoxy) is 2. The molecule has 1 N–H and O–H groups in total. The fourth-order valence-corrected chi connectivity index (χ4v) is 2.60. The van der Waals surface area contributed by atoms with Crippen LogP contribution in [0.25, 0.3) is 0 Å². The number of hydrogen-bond acceptors (Lipinski definition) is 5. The smallest absolute Gasteiger partial charge is 0.271 e. The maximum atomic E-state index is 12.1. The SMILES string of the molecule is CCCCCCOc1cccc(OCC(=O)Nc2cc([N+](=O)[O-])ccc2Cl)c1. The summed E-state index contributed by atoms with van der Waals surface area (Å²) in [5.41, 5.74) is -0.00182. The number of nitro groups is 1. The molecule has 150 valence electrons. The molecule has 0 heterocycles. The van der Waals surface area contributed by atoms with Crippen LogP contribution < -0.4 is 14.8 Å². The number of nitro benzene ring substituents is 1. The van der Waals surface area contributed by atoms with E-state index in [2.05, 4.69) is 12.2 Å². The summed E-state index contributed by atoms with van der Waals surface area (Å²) in [6.45, 7) is 2.53. The molecule has 0 aromatic heterocycles. The van der Waals surface area contributed by atoms with E-state index in [1.165, 1.54) is 31.0 Å². The summed E-state index contributed by atoms with van der Waals surface area (Å²) in [6.07, 6.45) is 4.49. The summed E-state index contributed by atoms with van der Waals surface area (Å²) >= 11 is 5.97. The summed E-state index contributed by atoms with van der Waals surface area (Å²) in [4.78, 5) is 22.4. The normalized spacial score (nSPS) is 10.4. The van der Waals surface area contributed by atoms with Crippen LogP contribution in [-0.4, -0.2) is 24.0 Å². The molecular formula is C20H23ClN2O5. The first-order chi connectivity index (χ1) is 13.5. The number of nitrogens with zero attached hydrogens (tertiary/aromatic N) is 1. The van der Waals surface area contributed by atoms with Crippen molar-refractivity contribution in [2.45, 2.75) is 32.6 Å². The quantitative estimate of drug-likeness (QED) is 0.313. The Bertz CT molecular complexity index is 813. The van der Waals surface area contributed by atoms with Crippen molar-refractivity contribution >= 4 is 28.9 Å². The minimum Gasteiger partial charge on any atom is -0.493 e. The van der Waals surface area contributed by atoms with Crippen LogP contribution in [-0.2, 0) is 4.79 Å². The van der Waals surface area contributed by atoms with Crippen LogP contribution in [0.3, 0.4) is 0 Å². The van der Waals surface area contributed by atoms with Crippen LogP contribution in [0.2, 0.25) is 5.02 Å².